The largest absolute Gasteiger partial charge is 0.365 e. The molecule has 0 saturated heterocycles. The molecule has 0 bridgehead atoms. The highest BCUT2D eigenvalue weighted by Gasteiger charge is 2.00. The lowest BCUT2D eigenvalue weighted by Gasteiger charge is -2.04. The summed E-state index contributed by atoms with van der Waals surface area (Å²) in [5.41, 5.74) is 0.706. The molecule has 0 aliphatic heterocycles. The van der Waals surface area contributed by atoms with Crippen molar-refractivity contribution in [2.75, 3.05) is 0 Å². The number of hydrogen-bond donors (Lipinski definition) is 2. The molecule has 9 heavy (non-hydrogen) atoms. The third-order valence-corrected chi connectivity index (χ3v) is 1.21. The predicted octanol–water partition coefficient (Wildman–Crippen LogP) is 1.04. The maximum absolute atomic E-state index is 8.63. The Labute approximate surface area is 55.8 Å². The van der Waals surface area contributed by atoms with E-state index in [1.165, 1.54) is 0 Å². The smallest absolute Gasteiger partial charge is 0.174 e. The van der Waals surface area contributed by atoms with Gasteiger partial charge in [-0.3, -0.25) is 0 Å². The molecule has 0 aromatic carbocycles. The zero-order valence-corrected chi connectivity index (χ0v) is 5.96. The van der Waals surface area contributed by atoms with Gasteiger partial charge in [0.25, 0.3) is 0 Å². The number of allylic oxidation sites excluding steroid dienone is 1. The van der Waals surface area contributed by atoms with Crippen LogP contribution in [0.2, 0.25) is 0 Å². The van der Waals surface area contributed by atoms with Crippen LogP contribution in [0, 0.1) is 0 Å². The fraction of sp³-hybridized carbons (Fsp3) is 0.714. The minimum atomic E-state index is -1.25. The maximum Gasteiger partial charge on any atom is 0.174 e. The van der Waals surface area contributed by atoms with E-state index in [4.69, 9.17) is 10.2 Å². The number of hydrogen-bond acceptors (Lipinski definition) is 2. The van der Waals surface area contributed by atoms with Crippen molar-refractivity contribution in [2.45, 2.75) is 33.0 Å². The molecule has 0 aliphatic rings. The van der Waals surface area contributed by atoms with Gasteiger partial charge >= 0.3 is 0 Å². The summed E-state index contributed by atoms with van der Waals surface area (Å²) in [5.74, 6) is 0. The van der Waals surface area contributed by atoms with Gasteiger partial charge in [0.05, 0.1) is 0 Å². The first kappa shape index (κ1) is 8.66. The molecule has 0 aromatic heterocycles. The SMILES string of the molecule is CC/C=C(\CC)C(O)O. The molecular weight excluding hydrogens is 116 g/mol. The number of aliphatic hydroxyl groups is 2. The summed E-state index contributed by atoms with van der Waals surface area (Å²) in [4.78, 5) is 0. The number of aliphatic hydroxyl groups excluding tert-OH is 1. The molecule has 54 valence electrons. The van der Waals surface area contributed by atoms with Crippen LogP contribution in [0.4, 0.5) is 0 Å². The molecule has 0 saturated carbocycles. The van der Waals surface area contributed by atoms with Crippen LogP contribution in [-0.4, -0.2) is 16.5 Å². The highest BCUT2D eigenvalue weighted by atomic mass is 16.5. The summed E-state index contributed by atoms with van der Waals surface area (Å²) in [5, 5.41) is 17.3. The Hall–Kier alpha value is -0.340. The average Bonchev–Trinajstić information content (AvgIpc) is 1.82. The molecule has 0 aliphatic carbocycles. The van der Waals surface area contributed by atoms with Crippen LogP contribution in [0.5, 0.6) is 0 Å². The van der Waals surface area contributed by atoms with Crippen LogP contribution in [0.15, 0.2) is 11.6 Å². The van der Waals surface area contributed by atoms with Gasteiger partial charge in [0.1, 0.15) is 0 Å². The highest BCUT2D eigenvalue weighted by molar-refractivity contribution is 5.02. The van der Waals surface area contributed by atoms with Gasteiger partial charge in [-0.25, -0.2) is 0 Å². The van der Waals surface area contributed by atoms with E-state index in [-0.39, 0.29) is 0 Å². The molecule has 0 amide bonds. The van der Waals surface area contributed by atoms with Gasteiger partial charge < -0.3 is 10.2 Å². The molecule has 0 atom stereocenters. The molecule has 0 aromatic rings. The van der Waals surface area contributed by atoms with E-state index in [9.17, 15) is 0 Å². The quantitative estimate of drug-likeness (QED) is 0.442. The predicted molar refractivity (Wildman–Crippen MR) is 36.9 cm³/mol. The zero-order chi connectivity index (χ0) is 7.28. The van der Waals surface area contributed by atoms with Gasteiger partial charge in [0.2, 0.25) is 0 Å². The van der Waals surface area contributed by atoms with Crippen LogP contribution in [0.25, 0.3) is 0 Å². The first-order valence-electron chi connectivity index (χ1n) is 3.27. The minimum Gasteiger partial charge on any atom is -0.365 e. The average molecular weight is 130 g/mol. The molecule has 2 nitrogen and oxygen atoms in total. The van der Waals surface area contributed by atoms with E-state index in [1.54, 1.807) is 0 Å². The van der Waals surface area contributed by atoms with Crippen LogP contribution in [0.3, 0.4) is 0 Å². The molecule has 0 radical (unpaired) electrons. The topological polar surface area (TPSA) is 40.5 Å². The van der Waals surface area contributed by atoms with E-state index in [0.29, 0.717) is 12.0 Å². The standard InChI is InChI=1S/C7H14O2/c1-3-5-6(4-2)7(8)9/h5,7-9H,3-4H2,1-2H3/b6-5+. The fourth-order valence-electron chi connectivity index (χ4n) is 0.695. The van der Waals surface area contributed by atoms with Crippen molar-refractivity contribution in [1.82, 2.24) is 0 Å². The monoisotopic (exact) mass is 130 g/mol. The summed E-state index contributed by atoms with van der Waals surface area (Å²) < 4.78 is 0. The van der Waals surface area contributed by atoms with Gasteiger partial charge in [0, 0.05) is 0 Å². The molecule has 0 fully saturated rings. The van der Waals surface area contributed by atoms with Crippen LogP contribution in [-0.2, 0) is 0 Å². The zero-order valence-electron chi connectivity index (χ0n) is 5.96. The van der Waals surface area contributed by atoms with Gasteiger partial charge in [-0.1, -0.05) is 19.9 Å². The van der Waals surface area contributed by atoms with Gasteiger partial charge in [-0.2, -0.15) is 0 Å². The second kappa shape index (κ2) is 4.53. The van der Waals surface area contributed by atoms with Crippen LogP contribution < -0.4 is 0 Å². The molecule has 2 heteroatoms. The highest BCUT2D eigenvalue weighted by Crippen LogP contribution is 2.04. The van der Waals surface area contributed by atoms with E-state index in [0.717, 1.165) is 6.42 Å². The van der Waals surface area contributed by atoms with Crippen molar-refractivity contribution < 1.29 is 10.2 Å². The first-order valence-corrected chi connectivity index (χ1v) is 3.27. The molecular formula is C7H14O2. The Kier molecular flexibility index (Phi) is 4.36. The Balaban J connectivity index is 3.81. The lowest BCUT2D eigenvalue weighted by atomic mass is 10.1. The second-order valence-electron chi connectivity index (χ2n) is 1.91. The normalized spacial score (nSPS) is 12.8. The molecule has 2 N–H and O–H groups in total. The minimum absolute atomic E-state index is 0.706. The third kappa shape index (κ3) is 3.27. The maximum atomic E-state index is 8.63. The Morgan fingerprint density at radius 3 is 2.11 bits per heavy atom. The van der Waals surface area contributed by atoms with Crippen molar-refractivity contribution in [1.29, 1.82) is 0 Å². The third-order valence-electron chi connectivity index (χ3n) is 1.21. The van der Waals surface area contributed by atoms with Crippen LogP contribution >= 0.6 is 0 Å². The van der Waals surface area contributed by atoms with Crippen LogP contribution in [0.1, 0.15) is 26.7 Å². The molecule has 0 rings (SSSR count). The Morgan fingerprint density at radius 1 is 1.44 bits per heavy atom. The van der Waals surface area contributed by atoms with E-state index in [1.807, 2.05) is 19.9 Å². The summed E-state index contributed by atoms with van der Waals surface area (Å²) in [7, 11) is 0. The van der Waals surface area contributed by atoms with Crippen molar-refractivity contribution in [3.05, 3.63) is 11.6 Å². The lowest BCUT2D eigenvalue weighted by Crippen LogP contribution is -2.07. The molecule has 0 heterocycles. The van der Waals surface area contributed by atoms with Gasteiger partial charge in [0.15, 0.2) is 6.29 Å². The van der Waals surface area contributed by atoms with Gasteiger partial charge in [-0.15, -0.1) is 0 Å². The second-order valence-corrected chi connectivity index (χ2v) is 1.91. The Bertz CT molecular complexity index is 95.1. The fourth-order valence-corrected chi connectivity index (χ4v) is 0.695. The molecule has 0 spiro atoms. The van der Waals surface area contributed by atoms with Crippen molar-refractivity contribution in [3.8, 4) is 0 Å². The Morgan fingerprint density at radius 2 is 2.00 bits per heavy atom. The van der Waals surface area contributed by atoms with E-state index in [2.05, 4.69) is 0 Å². The van der Waals surface area contributed by atoms with E-state index < -0.39 is 6.29 Å². The summed E-state index contributed by atoms with van der Waals surface area (Å²) in [6.45, 7) is 3.87. The van der Waals surface area contributed by atoms with Crippen molar-refractivity contribution >= 4 is 0 Å². The summed E-state index contributed by atoms with van der Waals surface area (Å²) >= 11 is 0. The number of rotatable bonds is 3. The summed E-state index contributed by atoms with van der Waals surface area (Å²) in [6, 6.07) is 0. The lowest BCUT2D eigenvalue weighted by molar-refractivity contribution is -0.00999. The van der Waals surface area contributed by atoms with Crippen molar-refractivity contribution in [3.63, 3.8) is 0 Å². The van der Waals surface area contributed by atoms with Crippen molar-refractivity contribution in [2.24, 2.45) is 0 Å². The summed E-state index contributed by atoms with van der Waals surface area (Å²) in [6.07, 6.45) is 2.16. The van der Waals surface area contributed by atoms with Gasteiger partial charge in [-0.05, 0) is 18.4 Å². The molecule has 0 unspecified atom stereocenters. The van der Waals surface area contributed by atoms with E-state index >= 15 is 0 Å². The first-order chi connectivity index (χ1) is 4.22.